The minimum atomic E-state index is -3.53. The SMILES string of the molecule is CCCN(CCC)S(=O)(=O)c1ccc(C(=O)O)cc1.[MgH2]. The van der Waals surface area contributed by atoms with E-state index in [9.17, 15) is 13.2 Å². The summed E-state index contributed by atoms with van der Waals surface area (Å²) in [6, 6.07) is 5.31. The number of benzene rings is 1. The topological polar surface area (TPSA) is 74.7 Å². The summed E-state index contributed by atoms with van der Waals surface area (Å²) in [5.74, 6) is -1.07. The van der Waals surface area contributed by atoms with Crippen molar-refractivity contribution < 1.29 is 18.3 Å². The van der Waals surface area contributed by atoms with Gasteiger partial charge < -0.3 is 5.11 Å². The normalized spacial score (nSPS) is 11.2. The second-order valence-corrected chi connectivity index (χ2v) is 6.17. The fourth-order valence-corrected chi connectivity index (χ4v) is 3.39. The van der Waals surface area contributed by atoms with Crippen LogP contribution in [0.4, 0.5) is 0 Å². The average Bonchev–Trinajstić information content (AvgIpc) is 2.38. The molecule has 0 aliphatic carbocycles. The van der Waals surface area contributed by atoms with Gasteiger partial charge >= 0.3 is 29.0 Å². The van der Waals surface area contributed by atoms with Gasteiger partial charge in [-0.05, 0) is 37.1 Å². The van der Waals surface area contributed by atoms with Gasteiger partial charge in [0.25, 0.3) is 0 Å². The molecule has 5 nitrogen and oxygen atoms in total. The van der Waals surface area contributed by atoms with E-state index >= 15 is 0 Å². The second kappa shape index (κ2) is 8.61. The molecule has 0 saturated heterocycles. The lowest BCUT2D eigenvalue weighted by Crippen LogP contribution is -2.32. The van der Waals surface area contributed by atoms with Crippen molar-refractivity contribution >= 4 is 39.0 Å². The molecule has 1 aromatic carbocycles. The maximum atomic E-state index is 12.4. The highest BCUT2D eigenvalue weighted by molar-refractivity contribution is 7.89. The molecule has 0 fully saturated rings. The number of carboxylic acids is 1. The summed E-state index contributed by atoms with van der Waals surface area (Å²) in [5, 5.41) is 8.80. The zero-order valence-electron chi connectivity index (χ0n) is 11.2. The van der Waals surface area contributed by atoms with Crippen molar-refractivity contribution in [3.05, 3.63) is 29.8 Å². The predicted octanol–water partition coefficient (Wildman–Crippen LogP) is 1.28. The molecule has 0 unspecified atom stereocenters. The lowest BCUT2D eigenvalue weighted by atomic mass is 10.2. The lowest BCUT2D eigenvalue weighted by Gasteiger charge is -2.20. The van der Waals surface area contributed by atoms with Crippen molar-refractivity contribution in [1.29, 1.82) is 0 Å². The van der Waals surface area contributed by atoms with E-state index in [1.165, 1.54) is 28.6 Å². The zero-order chi connectivity index (χ0) is 14.5. The van der Waals surface area contributed by atoms with Crippen LogP contribution in [-0.4, -0.2) is 59.9 Å². The Labute approximate surface area is 136 Å². The highest BCUT2D eigenvalue weighted by atomic mass is 32.2. The van der Waals surface area contributed by atoms with E-state index in [1.807, 2.05) is 13.8 Å². The molecule has 0 saturated carbocycles. The first kappa shape index (κ1) is 19.4. The van der Waals surface area contributed by atoms with Gasteiger partial charge in [0.1, 0.15) is 0 Å². The van der Waals surface area contributed by atoms with Crippen molar-refractivity contribution in [2.75, 3.05) is 13.1 Å². The maximum Gasteiger partial charge on any atom is 0.335 e. The lowest BCUT2D eigenvalue weighted by molar-refractivity contribution is 0.0696. The van der Waals surface area contributed by atoms with E-state index in [-0.39, 0.29) is 33.5 Å². The van der Waals surface area contributed by atoms with Crippen molar-refractivity contribution in [2.24, 2.45) is 0 Å². The first-order valence-electron chi connectivity index (χ1n) is 6.27. The number of hydrogen-bond acceptors (Lipinski definition) is 3. The van der Waals surface area contributed by atoms with Crippen LogP contribution < -0.4 is 0 Å². The van der Waals surface area contributed by atoms with Gasteiger partial charge in [-0.2, -0.15) is 4.31 Å². The average molecular weight is 312 g/mol. The van der Waals surface area contributed by atoms with Gasteiger partial charge in [-0.15, -0.1) is 0 Å². The fourth-order valence-electron chi connectivity index (χ4n) is 1.77. The van der Waals surface area contributed by atoms with E-state index in [4.69, 9.17) is 5.11 Å². The molecule has 0 spiro atoms. The summed E-state index contributed by atoms with van der Waals surface area (Å²) in [6.07, 6.45) is 1.48. The molecule has 0 aromatic heterocycles. The Hall–Kier alpha value is -0.634. The summed E-state index contributed by atoms with van der Waals surface area (Å²) in [5.41, 5.74) is 0.0801. The number of hydrogen-bond donors (Lipinski definition) is 1. The number of sulfonamides is 1. The Balaban J connectivity index is 0.00000361. The summed E-state index contributed by atoms with van der Waals surface area (Å²) >= 11 is 0. The quantitative estimate of drug-likeness (QED) is 0.770. The van der Waals surface area contributed by atoms with Crippen LogP contribution in [0.15, 0.2) is 29.2 Å². The van der Waals surface area contributed by atoms with Crippen molar-refractivity contribution in [2.45, 2.75) is 31.6 Å². The molecule has 0 aliphatic rings. The van der Waals surface area contributed by atoms with Gasteiger partial charge in [0, 0.05) is 13.1 Å². The molecule has 0 aliphatic heterocycles. The molecule has 110 valence electrons. The van der Waals surface area contributed by atoms with E-state index < -0.39 is 16.0 Å². The molecule has 1 N–H and O–H groups in total. The highest BCUT2D eigenvalue weighted by Crippen LogP contribution is 2.17. The standard InChI is InChI=1S/C13H19NO4S.Mg.2H/c1-3-9-14(10-4-2)19(17,18)12-7-5-11(6-8-12)13(15)16;;;/h5-8H,3-4,9-10H2,1-2H3,(H,15,16);;;. The van der Waals surface area contributed by atoms with Crippen LogP contribution in [0.25, 0.3) is 0 Å². The summed E-state index contributed by atoms with van der Waals surface area (Å²) in [6.45, 7) is 4.78. The third-order valence-corrected chi connectivity index (χ3v) is 4.60. The largest absolute Gasteiger partial charge is 0.478 e. The molecule has 0 radical (unpaired) electrons. The van der Waals surface area contributed by atoms with Crippen LogP contribution in [0.2, 0.25) is 0 Å². The predicted molar refractivity (Wildman–Crippen MR) is 81.3 cm³/mol. The van der Waals surface area contributed by atoms with Gasteiger partial charge in [-0.1, -0.05) is 13.8 Å². The van der Waals surface area contributed by atoms with E-state index in [0.29, 0.717) is 13.1 Å². The van der Waals surface area contributed by atoms with Gasteiger partial charge in [-0.3, -0.25) is 0 Å². The first-order chi connectivity index (χ1) is 8.93. The number of aromatic carboxylic acids is 1. The third kappa shape index (κ3) is 4.73. The number of carbonyl (C=O) groups is 1. The van der Waals surface area contributed by atoms with Crippen LogP contribution >= 0.6 is 0 Å². The van der Waals surface area contributed by atoms with Crippen molar-refractivity contribution in [3.8, 4) is 0 Å². The smallest absolute Gasteiger partial charge is 0.335 e. The summed E-state index contributed by atoms with van der Waals surface area (Å²) in [4.78, 5) is 10.9. The minimum absolute atomic E-state index is 0. The Morgan fingerprint density at radius 1 is 1.10 bits per heavy atom. The molecule has 0 heterocycles. The van der Waals surface area contributed by atoms with Crippen LogP contribution in [-0.2, 0) is 10.0 Å². The second-order valence-electron chi connectivity index (χ2n) is 4.23. The number of nitrogens with zero attached hydrogens (tertiary/aromatic N) is 1. The fraction of sp³-hybridized carbons (Fsp3) is 0.462. The molecule has 20 heavy (non-hydrogen) atoms. The van der Waals surface area contributed by atoms with Crippen molar-refractivity contribution in [3.63, 3.8) is 0 Å². The van der Waals surface area contributed by atoms with E-state index in [2.05, 4.69) is 0 Å². The Morgan fingerprint density at radius 3 is 1.90 bits per heavy atom. The number of carboxylic acid groups (broad SMARTS) is 1. The first-order valence-corrected chi connectivity index (χ1v) is 7.71. The molecule has 0 atom stereocenters. The van der Waals surface area contributed by atoms with Crippen molar-refractivity contribution in [1.82, 2.24) is 4.31 Å². The Morgan fingerprint density at radius 2 is 1.55 bits per heavy atom. The molecule has 7 heteroatoms. The zero-order valence-corrected chi connectivity index (χ0v) is 12.0. The van der Waals surface area contributed by atoms with Crippen LogP contribution in [0.5, 0.6) is 0 Å². The van der Waals surface area contributed by atoms with Crippen LogP contribution in [0.1, 0.15) is 37.0 Å². The van der Waals surface area contributed by atoms with Gasteiger partial charge in [0.2, 0.25) is 10.0 Å². The molecule has 0 amide bonds. The third-order valence-electron chi connectivity index (χ3n) is 2.69. The number of rotatable bonds is 7. The summed E-state index contributed by atoms with van der Waals surface area (Å²) < 4.78 is 26.2. The maximum absolute atomic E-state index is 12.4. The monoisotopic (exact) mass is 311 g/mol. The molecule has 1 rings (SSSR count). The van der Waals surface area contributed by atoms with Crippen LogP contribution in [0, 0.1) is 0 Å². The molecule has 0 bridgehead atoms. The Bertz CT molecular complexity index is 522. The van der Waals surface area contributed by atoms with Gasteiger partial charge in [-0.25, -0.2) is 13.2 Å². The summed E-state index contributed by atoms with van der Waals surface area (Å²) in [7, 11) is -3.53. The highest BCUT2D eigenvalue weighted by Gasteiger charge is 2.23. The molecule has 1 aromatic rings. The van der Waals surface area contributed by atoms with E-state index in [0.717, 1.165) is 12.8 Å². The Kier molecular flexibility index (Phi) is 8.34. The minimum Gasteiger partial charge on any atom is -0.478 e. The molecular weight excluding hydrogens is 291 g/mol. The van der Waals surface area contributed by atoms with Crippen LogP contribution in [0.3, 0.4) is 0 Å². The molecular formula is C13H21MgNO4S. The van der Waals surface area contributed by atoms with Gasteiger partial charge in [0.05, 0.1) is 10.5 Å². The van der Waals surface area contributed by atoms with E-state index in [1.54, 1.807) is 0 Å². The van der Waals surface area contributed by atoms with Gasteiger partial charge in [0.15, 0.2) is 0 Å².